The number of ether oxygens (including phenoxy) is 2. The third-order valence-electron chi connectivity index (χ3n) is 12.4. The van der Waals surface area contributed by atoms with Crippen molar-refractivity contribution in [1.82, 2.24) is 25.4 Å². The van der Waals surface area contributed by atoms with Crippen molar-refractivity contribution in [3.63, 3.8) is 0 Å². The van der Waals surface area contributed by atoms with Crippen LogP contribution in [0.1, 0.15) is 114 Å². The molecule has 14 heteroatoms. The van der Waals surface area contributed by atoms with Gasteiger partial charge in [-0.2, -0.15) is 5.26 Å². The van der Waals surface area contributed by atoms with Crippen LogP contribution in [0.2, 0.25) is 5.02 Å². The summed E-state index contributed by atoms with van der Waals surface area (Å²) in [6, 6.07) is 13.3. The van der Waals surface area contributed by atoms with Crippen LogP contribution >= 0.6 is 11.6 Å². The minimum Gasteiger partial charge on any atom is -0.489 e. The number of amides is 5. The van der Waals surface area contributed by atoms with Crippen molar-refractivity contribution in [3.8, 4) is 17.6 Å². The molecule has 5 amide bonds. The zero-order valence-electron chi connectivity index (χ0n) is 31.7. The van der Waals surface area contributed by atoms with Crippen LogP contribution in [0.25, 0.3) is 0 Å². The molecule has 8 rings (SSSR count). The van der Waals surface area contributed by atoms with E-state index < -0.39 is 40.5 Å². The van der Waals surface area contributed by atoms with Gasteiger partial charge < -0.3 is 14.8 Å². The fraction of sp³-hybridized carbons (Fsp3) is 0.452. The first-order chi connectivity index (χ1) is 26.6. The number of benzene rings is 2. The van der Waals surface area contributed by atoms with E-state index in [4.69, 9.17) is 21.1 Å². The SMILES string of the molecule is CC1(C)[C@H](NC(=O)c2ccc(O[C@H]3CC[C@H](N4Cc5cc6c(cc5C4)C(=O)N(C4CCC(=O)NC4=O)C6=O)CC3)cn2)C(C)(C)[C@H]1Oc1ccc(C#N)c(Cl)c1. The van der Waals surface area contributed by atoms with E-state index in [2.05, 4.69) is 54.3 Å². The highest BCUT2D eigenvalue weighted by atomic mass is 35.5. The van der Waals surface area contributed by atoms with Crippen molar-refractivity contribution >= 4 is 41.1 Å². The molecule has 2 aliphatic carbocycles. The van der Waals surface area contributed by atoms with Gasteiger partial charge >= 0.3 is 0 Å². The number of nitriles is 1. The van der Waals surface area contributed by atoms with Gasteiger partial charge in [0.25, 0.3) is 17.7 Å². The molecule has 5 aliphatic rings. The predicted molar refractivity (Wildman–Crippen MR) is 203 cm³/mol. The Bertz CT molecular complexity index is 2150. The Hall–Kier alpha value is -5.32. The third-order valence-corrected chi connectivity index (χ3v) is 12.7. The Morgan fingerprint density at radius 3 is 2.11 bits per heavy atom. The molecule has 290 valence electrons. The fourth-order valence-corrected chi connectivity index (χ4v) is 9.97. The Balaban J connectivity index is 0.821. The van der Waals surface area contributed by atoms with Gasteiger partial charge in [-0.3, -0.25) is 39.1 Å². The minimum absolute atomic E-state index is 0.00880. The highest BCUT2D eigenvalue weighted by molar-refractivity contribution is 6.31. The smallest absolute Gasteiger partial charge is 0.270 e. The number of hydrogen-bond acceptors (Lipinski definition) is 10. The lowest BCUT2D eigenvalue weighted by molar-refractivity contribution is -0.164. The monoisotopic (exact) mass is 778 g/mol. The summed E-state index contributed by atoms with van der Waals surface area (Å²) in [6.07, 6.45) is 5.13. The number of halogens is 1. The number of nitrogens with zero attached hydrogens (tertiary/aromatic N) is 4. The maximum absolute atomic E-state index is 13.4. The number of rotatable bonds is 8. The predicted octanol–water partition coefficient (Wildman–Crippen LogP) is 5.33. The molecule has 2 aromatic carbocycles. The summed E-state index contributed by atoms with van der Waals surface area (Å²) >= 11 is 6.23. The number of hydrogen-bond donors (Lipinski definition) is 2. The van der Waals surface area contributed by atoms with E-state index in [0.717, 1.165) is 41.7 Å². The standard InChI is InChI=1S/C42H43ClN6O7/c1-41(2)39(42(3,4)40(41)56-27-8-5-22(18-44)31(43)17-27)47-35(51)32-12-11-28(19-45-32)55-26-9-6-25(7-10-26)48-20-23-15-29-30(16-24(23)21-48)38(54)49(37(29)53)33-13-14-34(50)46-36(33)52/h5,8,11-12,15-17,19,25-26,33,39-40H,6-7,9-10,13-14,20-21H2,1-4H3,(H,47,51)(H,46,50,52)/t25-,26-,33?,39-,40-. The summed E-state index contributed by atoms with van der Waals surface area (Å²) in [4.78, 5) is 71.9. The first-order valence-electron chi connectivity index (χ1n) is 19.1. The van der Waals surface area contributed by atoms with Crippen LogP contribution in [0.3, 0.4) is 0 Å². The lowest BCUT2D eigenvalue weighted by Gasteiger charge is -2.63. The van der Waals surface area contributed by atoms with Crippen molar-refractivity contribution in [3.05, 3.63) is 87.2 Å². The summed E-state index contributed by atoms with van der Waals surface area (Å²) in [6.45, 7) is 9.54. The molecule has 1 atom stereocenters. The average Bonchev–Trinajstić information content (AvgIpc) is 3.69. The zero-order valence-corrected chi connectivity index (χ0v) is 32.4. The lowest BCUT2D eigenvalue weighted by atomic mass is 9.49. The second kappa shape index (κ2) is 14.0. The summed E-state index contributed by atoms with van der Waals surface area (Å²) in [5.41, 5.74) is 2.52. The normalized spacial score (nSPS) is 26.4. The molecule has 0 spiro atoms. The number of carbonyl (C=O) groups is 5. The van der Waals surface area contributed by atoms with E-state index in [9.17, 15) is 29.2 Å². The molecule has 56 heavy (non-hydrogen) atoms. The van der Waals surface area contributed by atoms with Gasteiger partial charge in [-0.25, -0.2) is 4.98 Å². The fourth-order valence-electron chi connectivity index (χ4n) is 9.76. The first-order valence-corrected chi connectivity index (χ1v) is 19.4. The quantitative estimate of drug-likeness (QED) is 0.285. The maximum atomic E-state index is 13.4. The van der Waals surface area contributed by atoms with Crippen LogP contribution in [-0.4, -0.2) is 74.7 Å². The van der Waals surface area contributed by atoms with E-state index in [0.29, 0.717) is 58.0 Å². The van der Waals surface area contributed by atoms with Crippen LogP contribution in [0.15, 0.2) is 48.7 Å². The molecule has 1 unspecified atom stereocenters. The van der Waals surface area contributed by atoms with Crippen LogP contribution in [0, 0.1) is 22.2 Å². The number of fused-ring (bicyclic) bond motifs is 2. The van der Waals surface area contributed by atoms with Crippen molar-refractivity contribution < 1.29 is 33.4 Å². The Labute approximate surface area is 329 Å². The van der Waals surface area contributed by atoms with Crippen molar-refractivity contribution in [1.29, 1.82) is 5.26 Å². The number of nitrogens with one attached hydrogen (secondary N) is 2. The van der Waals surface area contributed by atoms with Crippen molar-refractivity contribution in [2.75, 3.05) is 0 Å². The molecule has 3 aliphatic heterocycles. The van der Waals surface area contributed by atoms with Crippen LogP contribution in [-0.2, 0) is 22.7 Å². The molecule has 13 nitrogen and oxygen atoms in total. The third kappa shape index (κ3) is 6.48. The molecule has 4 heterocycles. The van der Waals surface area contributed by atoms with Gasteiger partial charge in [-0.15, -0.1) is 0 Å². The van der Waals surface area contributed by atoms with Gasteiger partial charge in [-0.1, -0.05) is 39.3 Å². The molecule has 2 N–H and O–H groups in total. The molecule has 1 aromatic heterocycles. The topological polar surface area (TPSA) is 171 Å². The highest BCUT2D eigenvalue weighted by Gasteiger charge is 2.64. The number of imide groups is 2. The van der Waals surface area contributed by atoms with Gasteiger partial charge in [0.2, 0.25) is 11.8 Å². The molecule has 2 saturated carbocycles. The number of aromatic nitrogens is 1. The van der Waals surface area contributed by atoms with E-state index >= 15 is 0 Å². The summed E-state index contributed by atoms with van der Waals surface area (Å²) in [5, 5.41) is 14.9. The van der Waals surface area contributed by atoms with E-state index in [1.807, 2.05) is 0 Å². The Morgan fingerprint density at radius 1 is 0.893 bits per heavy atom. The van der Waals surface area contributed by atoms with E-state index in [-0.39, 0.29) is 37.0 Å². The van der Waals surface area contributed by atoms with Crippen LogP contribution < -0.4 is 20.1 Å². The summed E-state index contributed by atoms with van der Waals surface area (Å²) < 4.78 is 12.6. The van der Waals surface area contributed by atoms with Gasteiger partial charge in [-0.05, 0) is 79.6 Å². The first kappa shape index (κ1) is 37.6. The highest BCUT2D eigenvalue weighted by Crippen LogP contribution is 2.55. The minimum atomic E-state index is -0.978. The van der Waals surface area contributed by atoms with Crippen molar-refractivity contribution in [2.45, 2.75) is 110 Å². The number of carbonyl (C=O) groups excluding carboxylic acids is 5. The summed E-state index contributed by atoms with van der Waals surface area (Å²) in [7, 11) is 0. The lowest BCUT2D eigenvalue weighted by Crippen LogP contribution is -2.74. The summed E-state index contributed by atoms with van der Waals surface area (Å²) in [5.74, 6) is -1.09. The largest absolute Gasteiger partial charge is 0.489 e. The van der Waals surface area contributed by atoms with Gasteiger partial charge in [0.15, 0.2) is 0 Å². The van der Waals surface area contributed by atoms with Gasteiger partial charge in [0, 0.05) is 48.5 Å². The van der Waals surface area contributed by atoms with E-state index in [1.165, 1.54) is 0 Å². The maximum Gasteiger partial charge on any atom is 0.270 e. The second-order valence-corrected chi connectivity index (χ2v) is 17.2. The number of pyridine rings is 1. The molecule has 1 saturated heterocycles. The van der Waals surface area contributed by atoms with Crippen LogP contribution in [0.4, 0.5) is 0 Å². The Kier molecular flexibility index (Phi) is 9.40. The zero-order chi connectivity index (χ0) is 39.7. The molecule has 3 aromatic rings. The van der Waals surface area contributed by atoms with Gasteiger partial charge in [0.05, 0.1) is 34.0 Å². The molecular weight excluding hydrogens is 736 g/mol. The molecule has 0 bridgehead atoms. The Morgan fingerprint density at radius 2 is 1.54 bits per heavy atom. The van der Waals surface area contributed by atoms with Crippen LogP contribution in [0.5, 0.6) is 11.5 Å². The van der Waals surface area contributed by atoms with E-state index in [1.54, 1.807) is 48.7 Å². The molecule has 3 fully saturated rings. The molecule has 0 radical (unpaired) electrons. The average molecular weight is 779 g/mol. The van der Waals surface area contributed by atoms with Gasteiger partial charge in [0.1, 0.15) is 35.4 Å². The molecular formula is C42H43ClN6O7. The number of piperidine rings is 1. The second-order valence-electron chi connectivity index (χ2n) is 16.7. The van der Waals surface area contributed by atoms with Crippen molar-refractivity contribution in [2.24, 2.45) is 10.8 Å².